The lowest BCUT2D eigenvalue weighted by Gasteiger charge is -2.08. The average molecular weight is 266 g/mol. The second-order valence-electron chi connectivity index (χ2n) is 4.61. The van der Waals surface area contributed by atoms with E-state index in [-0.39, 0.29) is 11.7 Å². The molecule has 19 heavy (non-hydrogen) atoms. The van der Waals surface area contributed by atoms with E-state index in [0.29, 0.717) is 5.92 Å². The number of rotatable bonds is 4. The number of carboxylic acids is 1. The molecule has 0 saturated heterocycles. The van der Waals surface area contributed by atoms with Crippen molar-refractivity contribution in [2.24, 2.45) is 5.92 Å². The van der Waals surface area contributed by atoms with E-state index in [1.165, 1.54) is 6.07 Å². The molecule has 2 amide bonds. The first kappa shape index (κ1) is 13.3. The molecule has 2 unspecified atom stereocenters. The number of carboxylic acid groups (broad SMARTS) is 1. The Morgan fingerprint density at radius 3 is 2.74 bits per heavy atom. The van der Waals surface area contributed by atoms with Crippen molar-refractivity contribution in [2.75, 3.05) is 5.32 Å². The first-order valence-corrected chi connectivity index (χ1v) is 6.11. The maximum atomic E-state index is 13.4. The van der Waals surface area contributed by atoms with Gasteiger partial charge in [0.2, 0.25) is 0 Å². The highest BCUT2D eigenvalue weighted by Crippen LogP contribution is 2.33. The van der Waals surface area contributed by atoms with Crippen molar-refractivity contribution < 1.29 is 19.1 Å². The van der Waals surface area contributed by atoms with Crippen LogP contribution in [0.5, 0.6) is 0 Å². The van der Waals surface area contributed by atoms with Crippen molar-refractivity contribution in [3.63, 3.8) is 0 Å². The maximum absolute atomic E-state index is 13.4. The molecule has 1 fully saturated rings. The van der Waals surface area contributed by atoms with Gasteiger partial charge in [0.15, 0.2) is 0 Å². The molecular formula is C13H15FN2O3. The van der Waals surface area contributed by atoms with Gasteiger partial charge in [0, 0.05) is 11.7 Å². The first-order valence-electron chi connectivity index (χ1n) is 6.11. The first-order chi connectivity index (χ1) is 9.01. The summed E-state index contributed by atoms with van der Waals surface area (Å²) in [6, 6.07) is 3.26. The molecule has 0 heterocycles. The van der Waals surface area contributed by atoms with Crippen LogP contribution in [0.15, 0.2) is 18.2 Å². The molecule has 2 atom stereocenters. The van der Waals surface area contributed by atoms with Crippen LogP contribution < -0.4 is 10.6 Å². The van der Waals surface area contributed by atoms with Crippen LogP contribution in [0, 0.1) is 11.7 Å². The van der Waals surface area contributed by atoms with Crippen LogP contribution in [0.2, 0.25) is 0 Å². The second-order valence-corrected chi connectivity index (χ2v) is 4.61. The Morgan fingerprint density at radius 1 is 1.47 bits per heavy atom. The standard InChI is InChI=1S/C13H15FN2O3/c1-2-7-5-11(7)16-13(19)15-8-3-4-9(12(17)18)10(14)6-8/h3-4,6-7,11H,2,5H2,1H3,(H,17,18)(H2,15,16,19). The zero-order valence-corrected chi connectivity index (χ0v) is 10.4. The van der Waals surface area contributed by atoms with Gasteiger partial charge in [-0.2, -0.15) is 0 Å². The maximum Gasteiger partial charge on any atom is 0.338 e. The van der Waals surface area contributed by atoms with Gasteiger partial charge >= 0.3 is 12.0 Å². The number of halogens is 1. The summed E-state index contributed by atoms with van der Waals surface area (Å²) in [5.41, 5.74) is -0.187. The Hall–Kier alpha value is -2.11. The third kappa shape index (κ3) is 3.21. The summed E-state index contributed by atoms with van der Waals surface area (Å²) in [4.78, 5) is 22.2. The molecule has 1 aliphatic carbocycles. The highest BCUT2D eigenvalue weighted by molar-refractivity contribution is 5.92. The van der Waals surface area contributed by atoms with Gasteiger partial charge in [0.25, 0.3) is 0 Å². The number of carbonyl (C=O) groups is 2. The molecule has 6 heteroatoms. The minimum Gasteiger partial charge on any atom is -0.478 e. The van der Waals surface area contributed by atoms with Crippen molar-refractivity contribution in [3.05, 3.63) is 29.6 Å². The molecule has 5 nitrogen and oxygen atoms in total. The van der Waals surface area contributed by atoms with E-state index in [2.05, 4.69) is 17.6 Å². The van der Waals surface area contributed by atoms with Gasteiger partial charge in [-0.15, -0.1) is 0 Å². The third-order valence-corrected chi connectivity index (χ3v) is 3.22. The summed E-state index contributed by atoms with van der Waals surface area (Å²) in [5.74, 6) is -1.68. The van der Waals surface area contributed by atoms with Crippen LogP contribution in [0.25, 0.3) is 0 Å². The number of aromatic carboxylic acids is 1. The monoisotopic (exact) mass is 266 g/mol. The number of hydrogen-bond acceptors (Lipinski definition) is 2. The molecule has 0 radical (unpaired) electrons. The van der Waals surface area contributed by atoms with E-state index in [9.17, 15) is 14.0 Å². The Morgan fingerprint density at radius 2 is 2.21 bits per heavy atom. The molecular weight excluding hydrogens is 251 g/mol. The Kier molecular flexibility index (Phi) is 3.69. The predicted octanol–water partition coefficient (Wildman–Crippen LogP) is 2.44. The highest BCUT2D eigenvalue weighted by atomic mass is 19.1. The van der Waals surface area contributed by atoms with Crippen LogP contribution in [-0.2, 0) is 0 Å². The SMILES string of the molecule is CCC1CC1NC(=O)Nc1ccc(C(=O)O)c(F)c1. The lowest BCUT2D eigenvalue weighted by atomic mass is 10.2. The smallest absolute Gasteiger partial charge is 0.338 e. The summed E-state index contributed by atoms with van der Waals surface area (Å²) in [6.07, 6.45) is 1.99. The van der Waals surface area contributed by atoms with E-state index >= 15 is 0 Å². The molecule has 1 aromatic carbocycles. The summed E-state index contributed by atoms with van der Waals surface area (Å²) in [7, 11) is 0. The highest BCUT2D eigenvalue weighted by Gasteiger charge is 2.36. The van der Waals surface area contributed by atoms with Crippen molar-refractivity contribution in [2.45, 2.75) is 25.8 Å². The van der Waals surface area contributed by atoms with Crippen LogP contribution in [0.3, 0.4) is 0 Å². The molecule has 0 aromatic heterocycles. The van der Waals surface area contributed by atoms with Crippen molar-refractivity contribution >= 4 is 17.7 Å². The lowest BCUT2D eigenvalue weighted by molar-refractivity contribution is 0.0692. The fourth-order valence-corrected chi connectivity index (χ4v) is 1.98. The van der Waals surface area contributed by atoms with Gasteiger partial charge in [-0.3, -0.25) is 0 Å². The van der Waals surface area contributed by atoms with Crippen molar-refractivity contribution in [1.82, 2.24) is 5.32 Å². The number of amides is 2. The number of nitrogens with one attached hydrogen (secondary N) is 2. The van der Waals surface area contributed by atoms with Crippen LogP contribution in [-0.4, -0.2) is 23.1 Å². The van der Waals surface area contributed by atoms with Crippen LogP contribution in [0.4, 0.5) is 14.9 Å². The minimum absolute atomic E-state index is 0.188. The molecule has 0 aliphatic heterocycles. The summed E-state index contributed by atoms with van der Waals surface area (Å²) >= 11 is 0. The van der Waals surface area contributed by atoms with Gasteiger partial charge in [-0.25, -0.2) is 14.0 Å². The average Bonchev–Trinajstić information content (AvgIpc) is 3.06. The van der Waals surface area contributed by atoms with E-state index in [1.54, 1.807) is 0 Å². The summed E-state index contributed by atoms with van der Waals surface area (Å²) in [6.45, 7) is 2.06. The Bertz CT molecular complexity index is 519. The largest absolute Gasteiger partial charge is 0.478 e. The van der Waals surface area contributed by atoms with Crippen LogP contribution >= 0.6 is 0 Å². The molecule has 102 valence electrons. The quantitative estimate of drug-likeness (QED) is 0.783. The number of benzene rings is 1. The normalized spacial score (nSPS) is 20.7. The predicted molar refractivity (Wildman–Crippen MR) is 67.7 cm³/mol. The van der Waals surface area contributed by atoms with E-state index in [1.807, 2.05) is 0 Å². The third-order valence-electron chi connectivity index (χ3n) is 3.22. The fraction of sp³-hybridized carbons (Fsp3) is 0.385. The van der Waals surface area contributed by atoms with Gasteiger partial charge in [-0.1, -0.05) is 13.3 Å². The van der Waals surface area contributed by atoms with Crippen molar-refractivity contribution in [1.29, 1.82) is 0 Å². The van der Waals surface area contributed by atoms with Gasteiger partial charge in [0.1, 0.15) is 5.82 Å². The zero-order valence-electron chi connectivity index (χ0n) is 10.4. The van der Waals surface area contributed by atoms with Gasteiger partial charge in [-0.05, 0) is 30.5 Å². The zero-order chi connectivity index (χ0) is 14.0. The number of anilines is 1. The Balaban J connectivity index is 1.94. The Labute approximate surface area is 109 Å². The van der Waals surface area contributed by atoms with Gasteiger partial charge in [0.05, 0.1) is 5.56 Å². The molecule has 0 spiro atoms. The summed E-state index contributed by atoms with van der Waals surface area (Å²) < 4.78 is 13.4. The molecule has 1 saturated carbocycles. The number of hydrogen-bond donors (Lipinski definition) is 3. The van der Waals surface area contributed by atoms with Crippen LogP contribution in [0.1, 0.15) is 30.1 Å². The van der Waals surface area contributed by atoms with Crippen molar-refractivity contribution in [3.8, 4) is 0 Å². The molecule has 2 rings (SSSR count). The molecule has 1 aromatic rings. The summed E-state index contributed by atoms with van der Waals surface area (Å²) in [5, 5.41) is 13.9. The lowest BCUT2D eigenvalue weighted by Crippen LogP contribution is -2.31. The van der Waals surface area contributed by atoms with Gasteiger partial charge < -0.3 is 15.7 Å². The molecule has 1 aliphatic rings. The number of urea groups is 1. The van der Waals surface area contributed by atoms with E-state index in [4.69, 9.17) is 5.11 Å². The minimum atomic E-state index is -1.34. The fourth-order valence-electron chi connectivity index (χ4n) is 1.98. The molecule has 3 N–H and O–H groups in total. The number of carbonyl (C=O) groups excluding carboxylic acids is 1. The van der Waals surface area contributed by atoms with E-state index in [0.717, 1.165) is 25.0 Å². The van der Waals surface area contributed by atoms with E-state index < -0.39 is 23.4 Å². The second kappa shape index (κ2) is 5.26. The molecule has 0 bridgehead atoms. The topological polar surface area (TPSA) is 78.4 Å².